The molecule has 5 nitrogen and oxygen atoms in total. The Hall–Kier alpha value is -1.62. The Balaban J connectivity index is 2.12. The Morgan fingerprint density at radius 1 is 1.25 bits per heavy atom. The van der Waals surface area contributed by atoms with Crippen LogP contribution in [0.1, 0.15) is 24.3 Å². The van der Waals surface area contributed by atoms with Gasteiger partial charge < -0.3 is 15.3 Å². The zero-order chi connectivity index (χ0) is 11.0. The van der Waals surface area contributed by atoms with Gasteiger partial charge in [-0.2, -0.15) is 0 Å². The minimum Gasteiger partial charge on any atom is -0.344 e. The first-order chi connectivity index (χ1) is 7.86. The van der Waals surface area contributed by atoms with E-state index in [0.29, 0.717) is 11.4 Å². The highest BCUT2D eigenvalue weighted by Crippen LogP contribution is 2.27. The average Bonchev–Trinajstić information content (AvgIpc) is 2.81. The highest BCUT2D eigenvalue weighted by Gasteiger charge is 2.19. The van der Waals surface area contributed by atoms with Gasteiger partial charge in [0.05, 0.1) is 11.8 Å². The van der Waals surface area contributed by atoms with Crippen molar-refractivity contribution in [3.05, 3.63) is 28.4 Å². The van der Waals surface area contributed by atoms with Crippen LogP contribution in [0.3, 0.4) is 0 Å². The van der Waals surface area contributed by atoms with Crippen LogP contribution in [-0.2, 0) is 0 Å². The number of nitrogens with one attached hydrogen (secondary N) is 3. The fourth-order valence-electron chi connectivity index (χ4n) is 2.43. The van der Waals surface area contributed by atoms with Crippen molar-refractivity contribution in [1.82, 2.24) is 20.3 Å². The SMILES string of the molecule is O=c1[nH]cc(C2CCNCC2)c2[nH]cnc12. The topological polar surface area (TPSA) is 73.6 Å². The number of hydrogen-bond acceptors (Lipinski definition) is 3. The van der Waals surface area contributed by atoms with E-state index in [2.05, 4.69) is 20.3 Å². The van der Waals surface area contributed by atoms with Gasteiger partial charge in [-0.25, -0.2) is 4.98 Å². The molecule has 3 N–H and O–H groups in total. The summed E-state index contributed by atoms with van der Waals surface area (Å²) in [5.41, 5.74) is 2.49. The zero-order valence-electron chi connectivity index (χ0n) is 8.92. The normalized spacial score (nSPS) is 18.0. The molecule has 2 aromatic heterocycles. The van der Waals surface area contributed by atoms with Gasteiger partial charge in [-0.15, -0.1) is 0 Å². The lowest BCUT2D eigenvalue weighted by atomic mass is 9.90. The van der Waals surface area contributed by atoms with E-state index in [-0.39, 0.29) is 5.56 Å². The largest absolute Gasteiger partial charge is 0.344 e. The summed E-state index contributed by atoms with van der Waals surface area (Å²) in [7, 11) is 0. The monoisotopic (exact) mass is 218 g/mol. The van der Waals surface area contributed by atoms with Gasteiger partial charge in [0.15, 0.2) is 5.52 Å². The van der Waals surface area contributed by atoms with Crippen molar-refractivity contribution in [2.24, 2.45) is 0 Å². The summed E-state index contributed by atoms with van der Waals surface area (Å²) in [5, 5.41) is 3.34. The number of aromatic nitrogens is 3. The smallest absolute Gasteiger partial charge is 0.276 e. The van der Waals surface area contributed by atoms with Gasteiger partial charge in [-0.1, -0.05) is 0 Å². The van der Waals surface area contributed by atoms with Gasteiger partial charge in [0, 0.05) is 6.20 Å². The van der Waals surface area contributed by atoms with Crippen molar-refractivity contribution in [3.8, 4) is 0 Å². The molecule has 1 aliphatic rings. The number of aromatic amines is 2. The van der Waals surface area contributed by atoms with Crippen molar-refractivity contribution in [2.75, 3.05) is 13.1 Å². The van der Waals surface area contributed by atoms with Crippen molar-refractivity contribution < 1.29 is 0 Å². The van der Waals surface area contributed by atoms with Crippen LogP contribution >= 0.6 is 0 Å². The molecule has 5 heteroatoms. The Labute approximate surface area is 92.3 Å². The Morgan fingerprint density at radius 3 is 2.88 bits per heavy atom. The molecule has 0 unspecified atom stereocenters. The average molecular weight is 218 g/mol. The molecule has 2 aromatic rings. The molecule has 0 spiro atoms. The number of pyridine rings is 1. The quantitative estimate of drug-likeness (QED) is 0.660. The molecule has 1 fully saturated rings. The summed E-state index contributed by atoms with van der Waals surface area (Å²) in [4.78, 5) is 21.4. The molecule has 0 saturated carbocycles. The minimum atomic E-state index is -0.117. The number of rotatable bonds is 1. The molecular formula is C11H14N4O. The third-order valence-corrected chi connectivity index (χ3v) is 3.28. The van der Waals surface area contributed by atoms with Gasteiger partial charge >= 0.3 is 0 Å². The molecule has 0 amide bonds. The maximum atomic E-state index is 11.5. The lowest BCUT2D eigenvalue weighted by Crippen LogP contribution is -2.27. The Morgan fingerprint density at radius 2 is 2.06 bits per heavy atom. The molecule has 16 heavy (non-hydrogen) atoms. The second-order valence-electron chi connectivity index (χ2n) is 4.22. The maximum absolute atomic E-state index is 11.5. The van der Waals surface area contributed by atoms with Crippen LogP contribution in [0.2, 0.25) is 0 Å². The summed E-state index contributed by atoms with van der Waals surface area (Å²) in [5.74, 6) is 0.515. The van der Waals surface area contributed by atoms with Gasteiger partial charge in [-0.3, -0.25) is 4.79 Å². The molecule has 0 bridgehead atoms. The zero-order valence-corrected chi connectivity index (χ0v) is 8.92. The van der Waals surface area contributed by atoms with E-state index in [0.717, 1.165) is 31.4 Å². The fourth-order valence-corrected chi connectivity index (χ4v) is 2.43. The molecule has 0 radical (unpaired) electrons. The van der Waals surface area contributed by atoms with Crippen molar-refractivity contribution in [1.29, 1.82) is 0 Å². The van der Waals surface area contributed by atoms with Crippen molar-refractivity contribution >= 4 is 11.0 Å². The van der Waals surface area contributed by atoms with Crippen LogP contribution in [0, 0.1) is 0 Å². The summed E-state index contributed by atoms with van der Waals surface area (Å²) in [6.45, 7) is 2.08. The fraction of sp³-hybridized carbons (Fsp3) is 0.455. The van der Waals surface area contributed by atoms with E-state index >= 15 is 0 Å². The molecule has 0 aromatic carbocycles. The molecule has 84 valence electrons. The van der Waals surface area contributed by atoms with Gasteiger partial charge in [0.1, 0.15) is 0 Å². The standard InChI is InChI=1S/C11H14N4O/c16-11-10-9(14-6-15-10)8(5-13-11)7-1-3-12-4-2-7/h5-7,12H,1-4H2,(H,13,16)(H,14,15). The molecule has 1 saturated heterocycles. The lowest BCUT2D eigenvalue weighted by molar-refractivity contribution is 0.461. The highest BCUT2D eigenvalue weighted by molar-refractivity contribution is 5.77. The Kier molecular flexibility index (Phi) is 2.25. The third kappa shape index (κ3) is 1.44. The molecule has 1 aliphatic heterocycles. The van der Waals surface area contributed by atoms with Crippen molar-refractivity contribution in [3.63, 3.8) is 0 Å². The lowest BCUT2D eigenvalue weighted by Gasteiger charge is -2.22. The van der Waals surface area contributed by atoms with Crippen LogP contribution in [0.4, 0.5) is 0 Å². The molecule has 0 aliphatic carbocycles. The molecule has 3 heterocycles. The first-order valence-corrected chi connectivity index (χ1v) is 5.61. The van der Waals surface area contributed by atoms with E-state index in [9.17, 15) is 4.79 Å². The van der Waals surface area contributed by atoms with E-state index < -0.39 is 0 Å². The summed E-state index contributed by atoms with van der Waals surface area (Å²) >= 11 is 0. The van der Waals surface area contributed by atoms with Gasteiger partial charge in [-0.05, 0) is 37.4 Å². The number of nitrogens with zero attached hydrogens (tertiary/aromatic N) is 1. The maximum Gasteiger partial charge on any atom is 0.276 e. The van der Waals surface area contributed by atoms with Crippen LogP contribution in [-0.4, -0.2) is 28.0 Å². The molecule has 3 rings (SSSR count). The first kappa shape index (κ1) is 9.59. The number of piperidine rings is 1. The Bertz CT molecular complexity index is 550. The number of imidazole rings is 1. The number of hydrogen-bond donors (Lipinski definition) is 3. The first-order valence-electron chi connectivity index (χ1n) is 5.61. The summed E-state index contributed by atoms with van der Waals surface area (Å²) in [6.07, 6.45) is 5.64. The van der Waals surface area contributed by atoms with Gasteiger partial charge in [0.2, 0.25) is 0 Å². The molecular weight excluding hydrogens is 204 g/mol. The van der Waals surface area contributed by atoms with E-state index in [1.165, 1.54) is 5.56 Å². The second-order valence-corrected chi connectivity index (χ2v) is 4.22. The predicted octanol–water partition coefficient (Wildman–Crippen LogP) is 0.718. The third-order valence-electron chi connectivity index (χ3n) is 3.28. The van der Waals surface area contributed by atoms with E-state index in [1.54, 1.807) is 6.33 Å². The van der Waals surface area contributed by atoms with Crippen LogP contribution in [0.5, 0.6) is 0 Å². The van der Waals surface area contributed by atoms with Gasteiger partial charge in [0.25, 0.3) is 5.56 Å². The second kappa shape index (κ2) is 3.75. The number of H-pyrrole nitrogens is 2. The van der Waals surface area contributed by atoms with E-state index in [4.69, 9.17) is 0 Å². The molecule has 0 atom stereocenters. The van der Waals surface area contributed by atoms with Crippen molar-refractivity contribution in [2.45, 2.75) is 18.8 Å². The van der Waals surface area contributed by atoms with Crippen LogP contribution < -0.4 is 10.9 Å². The minimum absolute atomic E-state index is 0.117. The van der Waals surface area contributed by atoms with Crippen LogP contribution in [0.15, 0.2) is 17.3 Å². The summed E-state index contributed by atoms with van der Waals surface area (Å²) < 4.78 is 0. The number of fused-ring (bicyclic) bond motifs is 1. The van der Waals surface area contributed by atoms with Crippen LogP contribution in [0.25, 0.3) is 11.0 Å². The predicted molar refractivity (Wildman–Crippen MR) is 61.6 cm³/mol. The summed E-state index contributed by atoms with van der Waals surface area (Å²) in [6, 6.07) is 0. The highest BCUT2D eigenvalue weighted by atomic mass is 16.1. The van der Waals surface area contributed by atoms with E-state index in [1.807, 2.05) is 6.20 Å².